The van der Waals surface area contributed by atoms with E-state index >= 15 is 0 Å². The highest BCUT2D eigenvalue weighted by Gasteiger charge is 2.05. The number of aryl methyl sites for hydroxylation is 1. The maximum absolute atomic E-state index is 10.1. The van der Waals surface area contributed by atoms with E-state index in [9.17, 15) is 4.79 Å². The topological polar surface area (TPSA) is 72.3 Å². The minimum absolute atomic E-state index is 0.325. The summed E-state index contributed by atoms with van der Waals surface area (Å²) in [6.07, 6.45) is 1.77. The molecule has 5 nitrogen and oxygen atoms in total. The fraction of sp³-hybridized carbons (Fsp3) is 0.571. The molecule has 0 aliphatic carbocycles. The van der Waals surface area contributed by atoms with Gasteiger partial charge in [0.2, 0.25) is 0 Å². The smallest absolute Gasteiger partial charge is 0.341 e. The van der Waals surface area contributed by atoms with E-state index in [4.69, 9.17) is 9.84 Å². The fourth-order valence-electron chi connectivity index (χ4n) is 0.745. The summed E-state index contributed by atoms with van der Waals surface area (Å²) in [7, 11) is 0. The molecule has 0 radical (unpaired) electrons. The molecule has 0 spiro atoms. The van der Waals surface area contributed by atoms with Gasteiger partial charge in [-0.2, -0.15) is 9.36 Å². The summed E-state index contributed by atoms with van der Waals surface area (Å²) in [5, 5.41) is 8.64. The Hall–Kier alpha value is -1.17. The van der Waals surface area contributed by atoms with Gasteiger partial charge >= 0.3 is 5.97 Å². The highest BCUT2D eigenvalue weighted by molar-refractivity contribution is 7.07. The molecule has 6 heteroatoms. The van der Waals surface area contributed by atoms with E-state index in [0.29, 0.717) is 11.0 Å². The zero-order valence-electron chi connectivity index (χ0n) is 7.19. The van der Waals surface area contributed by atoms with E-state index in [0.717, 1.165) is 24.4 Å². The molecule has 0 amide bonds. The Labute approximate surface area is 79.5 Å². The molecule has 1 rings (SSSR count). The second kappa shape index (κ2) is 4.76. The molecule has 0 aliphatic rings. The molecule has 0 aromatic carbocycles. The molecule has 0 bridgehead atoms. The van der Waals surface area contributed by atoms with Crippen molar-refractivity contribution in [1.82, 2.24) is 9.36 Å². The van der Waals surface area contributed by atoms with Crippen LogP contribution in [-0.2, 0) is 11.2 Å². The van der Waals surface area contributed by atoms with Crippen LogP contribution in [0.25, 0.3) is 0 Å². The van der Waals surface area contributed by atoms with Crippen LogP contribution in [0.5, 0.6) is 5.19 Å². The number of carboxylic acids is 1. The highest BCUT2D eigenvalue weighted by Crippen LogP contribution is 2.14. The Morgan fingerprint density at radius 3 is 3.08 bits per heavy atom. The summed E-state index contributed by atoms with van der Waals surface area (Å²) in [4.78, 5) is 14.1. The molecule has 72 valence electrons. The number of carbonyl (C=O) groups is 1. The van der Waals surface area contributed by atoms with Gasteiger partial charge in [0.05, 0.1) is 0 Å². The lowest BCUT2D eigenvalue weighted by atomic mass is 10.3. The van der Waals surface area contributed by atoms with Gasteiger partial charge in [-0.1, -0.05) is 6.92 Å². The second-order valence-electron chi connectivity index (χ2n) is 2.41. The molecule has 13 heavy (non-hydrogen) atoms. The van der Waals surface area contributed by atoms with Crippen LogP contribution in [0.2, 0.25) is 0 Å². The predicted molar refractivity (Wildman–Crippen MR) is 47.0 cm³/mol. The Bertz CT molecular complexity index is 287. The third-order valence-corrected chi connectivity index (χ3v) is 1.91. The summed E-state index contributed by atoms with van der Waals surface area (Å²) in [6.45, 7) is 1.67. The Kier molecular flexibility index (Phi) is 3.63. The number of hydrogen-bond donors (Lipinski definition) is 1. The normalized spacial score (nSPS) is 9.92. The van der Waals surface area contributed by atoms with E-state index < -0.39 is 5.97 Å². The Morgan fingerprint density at radius 2 is 2.46 bits per heavy atom. The van der Waals surface area contributed by atoms with Crippen LogP contribution < -0.4 is 4.74 Å². The number of ether oxygens (including phenoxy) is 1. The van der Waals surface area contributed by atoms with Gasteiger partial charge < -0.3 is 9.84 Å². The Morgan fingerprint density at radius 1 is 1.69 bits per heavy atom. The summed E-state index contributed by atoms with van der Waals surface area (Å²) >= 11 is 1.08. The van der Waals surface area contributed by atoms with Crippen LogP contribution >= 0.6 is 11.5 Å². The maximum Gasteiger partial charge on any atom is 0.341 e. The van der Waals surface area contributed by atoms with Gasteiger partial charge in [-0.25, -0.2) is 4.79 Å². The van der Waals surface area contributed by atoms with Crippen molar-refractivity contribution in [3.05, 3.63) is 5.82 Å². The van der Waals surface area contributed by atoms with E-state index in [1.54, 1.807) is 0 Å². The van der Waals surface area contributed by atoms with E-state index in [1.165, 1.54) is 0 Å². The predicted octanol–water partition coefficient (Wildman–Crippen LogP) is 0.954. The van der Waals surface area contributed by atoms with Gasteiger partial charge in [0, 0.05) is 18.0 Å². The first-order valence-electron chi connectivity index (χ1n) is 3.89. The molecule has 0 atom stereocenters. The number of carboxylic acid groups (broad SMARTS) is 1. The first-order chi connectivity index (χ1) is 6.22. The van der Waals surface area contributed by atoms with Gasteiger partial charge in [0.1, 0.15) is 5.82 Å². The average molecular weight is 202 g/mol. The van der Waals surface area contributed by atoms with Crippen molar-refractivity contribution in [2.24, 2.45) is 0 Å². The molecular formula is C7H10N2O3S. The van der Waals surface area contributed by atoms with Crippen molar-refractivity contribution in [1.29, 1.82) is 0 Å². The maximum atomic E-state index is 10.1. The largest absolute Gasteiger partial charge is 0.479 e. The SMILES string of the molecule is CCCc1nsc(OCC(=O)O)n1. The first kappa shape index (κ1) is 9.91. The lowest BCUT2D eigenvalue weighted by molar-refractivity contribution is -0.139. The molecule has 1 aromatic heterocycles. The van der Waals surface area contributed by atoms with E-state index in [-0.39, 0.29) is 6.61 Å². The van der Waals surface area contributed by atoms with Crippen LogP contribution in [0, 0.1) is 0 Å². The number of hydrogen-bond acceptors (Lipinski definition) is 5. The van der Waals surface area contributed by atoms with Crippen LogP contribution in [0.1, 0.15) is 19.2 Å². The van der Waals surface area contributed by atoms with Crippen molar-refractivity contribution < 1.29 is 14.6 Å². The fourth-order valence-corrected chi connectivity index (χ4v) is 1.32. The van der Waals surface area contributed by atoms with E-state index in [1.807, 2.05) is 6.92 Å². The number of aliphatic carboxylic acids is 1. The van der Waals surface area contributed by atoms with Crippen LogP contribution in [-0.4, -0.2) is 27.0 Å². The summed E-state index contributed by atoms with van der Waals surface area (Å²) in [6, 6.07) is 0. The Balaban J connectivity index is 2.44. The van der Waals surface area contributed by atoms with Gasteiger partial charge in [-0.15, -0.1) is 0 Å². The lowest BCUT2D eigenvalue weighted by Gasteiger charge is -1.94. The molecular weight excluding hydrogens is 192 g/mol. The molecule has 0 saturated heterocycles. The van der Waals surface area contributed by atoms with Crippen molar-refractivity contribution in [2.75, 3.05) is 6.61 Å². The third-order valence-electron chi connectivity index (χ3n) is 1.24. The third kappa shape index (κ3) is 3.37. The molecule has 0 fully saturated rings. The summed E-state index contributed by atoms with van der Waals surface area (Å²) in [5.74, 6) is -0.292. The molecule has 0 saturated carbocycles. The zero-order valence-corrected chi connectivity index (χ0v) is 8.00. The van der Waals surface area contributed by atoms with Gasteiger partial charge in [0.25, 0.3) is 5.19 Å². The monoisotopic (exact) mass is 202 g/mol. The molecule has 1 heterocycles. The van der Waals surface area contributed by atoms with Crippen molar-refractivity contribution in [3.8, 4) is 5.19 Å². The number of aromatic nitrogens is 2. The quantitative estimate of drug-likeness (QED) is 0.769. The van der Waals surface area contributed by atoms with Crippen molar-refractivity contribution in [3.63, 3.8) is 0 Å². The van der Waals surface area contributed by atoms with Crippen LogP contribution in [0.3, 0.4) is 0 Å². The minimum Gasteiger partial charge on any atom is -0.479 e. The molecule has 1 N–H and O–H groups in total. The van der Waals surface area contributed by atoms with Crippen molar-refractivity contribution >= 4 is 17.5 Å². The minimum atomic E-state index is -1.01. The molecule has 1 aromatic rings. The zero-order chi connectivity index (χ0) is 9.68. The highest BCUT2D eigenvalue weighted by atomic mass is 32.1. The number of nitrogens with zero attached hydrogens (tertiary/aromatic N) is 2. The van der Waals surface area contributed by atoms with Gasteiger partial charge in [-0.3, -0.25) is 0 Å². The first-order valence-corrected chi connectivity index (χ1v) is 4.67. The van der Waals surface area contributed by atoms with Crippen molar-refractivity contribution in [2.45, 2.75) is 19.8 Å². The summed E-state index contributed by atoms with van der Waals surface area (Å²) in [5.41, 5.74) is 0. The average Bonchev–Trinajstić information content (AvgIpc) is 2.50. The molecule has 0 aliphatic heterocycles. The second-order valence-corrected chi connectivity index (χ2v) is 3.12. The summed E-state index contributed by atoms with van der Waals surface area (Å²) < 4.78 is 8.84. The standard InChI is InChI=1S/C7H10N2O3S/c1-2-3-5-8-7(13-9-5)12-4-6(10)11/h2-4H2,1H3,(H,10,11). The van der Waals surface area contributed by atoms with Crippen LogP contribution in [0.15, 0.2) is 0 Å². The lowest BCUT2D eigenvalue weighted by Crippen LogP contribution is -2.09. The van der Waals surface area contributed by atoms with Crippen LogP contribution in [0.4, 0.5) is 0 Å². The van der Waals surface area contributed by atoms with E-state index in [2.05, 4.69) is 9.36 Å². The number of rotatable bonds is 5. The van der Waals surface area contributed by atoms with Gasteiger partial charge in [-0.05, 0) is 6.42 Å². The van der Waals surface area contributed by atoms with Gasteiger partial charge in [0.15, 0.2) is 6.61 Å². The molecule has 0 unspecified atom stereocenters.